The molecule has 0 saturated carbocycles. The second-order valence-corrected chi connectivity index (χ2v) is 13.4. The molecule has 250 valence electrons. The van der Waals surface area contributed by atoms with Gasteiger partial charge in [-0.1, -0.05) is 164 Å². The Balaban J connectivity index is 1.13. The fourth-order valence-corrected chi connectivity index (χ4v) is 7.42. The third kappa shape index (κ3) is 5.67. The summed E-state index contributed by atoms with van der Waals surface area (Å²) in [6, 6.07) is 65.8. The number of para-hydroxylation sites is 1. The summed E-state index contributed by atoms with van der Waals surface area (Å²) in [5.41, 5.74) is 11.5. The Morgan fingerprint density at radius 1 is 0.453 bits per heavy atom. The zero-order chi connectivity index (χ0) is 35.1. The first-order valence-corrected chi connectivity index (χ1v) is 17.9. The molecule has 0 amide bonds. The van der Waals surface area contributed by atoms with Crippen LogP contribution < -0.4 is 5.32 Å². The Kier molecular flexibility index (Phi) is 7.51. The molecule has 0 aliphatic carbocycles. The summed E-state index contributed by atoms with van der Waals surface area (Å²) in [5, 5.41) is 8.12. The van der Waals surface area contributed by atoms with Gasteiger partial charge in [-0.05, 0) is 68.4 Å². The highest BCUT2D eigenvalue weighted by molar-refractivity contribution is 6.23. The van der Waals surface area contributed by atoms with Gasteiger partial charge in [-0.2, -0.15) is 0 Å². The van der Waals surface area contributed by atoms with Crippen molar-refractivity contribution in [1.29, 1.82) is 0 Å². The molecule has 1 aromatic heterocycles. The lowest BCUT2D eigenvalue weighted by atomic mass is 9.96. The van der Waals surface area contributed by atoms with Crippen molar-refractivity contribution in [3.8, 4) is 33.4 Å². The van der Waals surface area contributed by atoms with Crippen molar-refractivity contribution in [3.63, 3.8) is 0 Å². The quantitative estimate of drug-likeness (QED) is 0.190. The predicted octanol–water partition coefficient (Wildman–Crippen LogP) is 12.2. The standard InChI is InChI=1S/C49H33N3O/c1-3-11-32(12-4-1)35-19-24-37(25-20-35)47-50-48(38-26-21-36(22-27-38)33-13-5-2-6-14-33)52-49(51-47)43-30-29-41(40-28-23-34-15-7-8-16-39(34)31-40)46-45(43)42-17-9-10-18-44(42)53-46/h1-31,47H,(H,50,51,52). The number of hydrogen-bond acceptors (Lipinski definition) is 4. The van der Waals surface area contributed by atoms with Gasteiger partial charge in [0.1, 0.15) is 23.2 Å². The number of nitrogens with zero attached hydrogens (tertiary/aromatic N) is 2. The van der Waals surface area contributed by atoms with E-state index in [2.05, 4.69) is 169 Å². The van der Waals surface area contributed by atoms with Crippen LogP contribution in [0.25, 0.3) is 66.1 Å². The first-order valence-electron chi connectivity index (χ1n) is 17.9. The van der Waals surface area contributed by atoms with Crippen LogP contribution in [0.1, 0.15) is 22.9 Å². The molecule has 8 aromatic carbocycles. The van der Waals surface area contributed by atoms with E-state index in [0.29, 0.717) is 5.84 Å². The lowest BCUT2D eigenvalue weighted by molar-refractivity contribution is 0.669. The smallest absolute Gasteiger partial charge is 0.160 e. The van der Waals surface area contributed by atoms with Crippen LogP contribution in [0.5, 0.6) is 0 Å². The highest BCUT2D eigenvalue weighted by atomic mass is 16.3. The first-order chi connectivity index (χ1) is 26.2. The van der Waals surface area contributed by atoms with Crippen molar-refractivity contribution < 1.29 is 4.42 Å². The van der Waals surface area contributed by atoms with Gasteiger partial charge in [0.25, 0.3) is 0 Å². The fourth-order valence-electron chi connectivity index (χ4n) is 7.42. The fraction of sp³-hybridized carbons (Fsp3) is 0.0204. The molecule has 0 fully saturated rings. The molecule has 1 atom stereocenters. The maximum Gasteiger partial charge on any atom is 0.160 e. The third-order valence-electron chi connectivity index (χ3n) is 10.2. The molecule has 1 aliphatic rings. The van der Waals surface area contributed by atoms with Crippen molar-refractivity contribution in [3.05, 3.63) is 205 Å². The van der Waals surface area contributed by atoms with E-state index >= 15 is 0 Å². The van der Waals surface area contributed by atoms with E-state index < -0.39 is 0 Å². The third-order valence-corrected chi connectivity index (χ3v) is 10.2. The topological polar surface area (TPSA) is 49.9 Å². The highest BCUT2D eigenvalue weighted by Crippen LogP contribution is 2.40. The van der Waals surface area contributed by atoms with Crippen molar-refractivity contribution in [2.75, 3.05) is 0 Å². The van der Waals surface area contributed by atoms with Gasteiger partial charge in [-0.15, -0.1) is 0 Å². The summed E-state index contributed by atoms with van der Waals surface area (Å²) < 4.78 is 6.70. The second-order valence-electron chi connectivity index (χ2n) is 13.4. The monoisotopic (exact) mass is 679 g/mol. The summed E-state index contributed by atoms with van der Waals surface area (Å²) in [7, 11) is 0. The Labute approximate surface area is 307 Å². The van der Waals surface area contributed by atoms with Gasteiger partial charge in [0.2, 0.25) is 0 Å². The van der Waals surface area contributed by atoms with Crippen LogP contribution in [-0.2, 0) is 0 Å². The minimum absolute atomic E-state index is 0.357. The van der Waals surface area contributed by atoms with E-state index in [1.165, 1.54) is 21.9 Å². The Hall–Kier alpha value is -7.04. The number of furan rings is 1. The molecule has 0 saturated heterocycles. The summed E-state index contributed by atoms with van der Waals surface area (Å²) in [4.78, 5) is 10.6. The summed E-state index contributed by atoms with van der Waals surface area (Å²) in [6.45, 7) is 0. The molecular weight excluding hydrogens is 647 g/mol. The van der Waals surface area contributed by atoms with Gasteiger partial charge in [-0.25, -0.2) is 9.98 Å². The molecule has 0 spiro atoms. The second kappa shape index (κ2) is 12.9. The predicted molar refractivity (Wildman–Crippen MR) is 219 cm³/mol. The number of nitrogens with one attached hydrogen (secondary N) is 1. The van der Waals surface area contributed by atoms with Crippen LogP contribution in [0, 0.1) is 0 Å². The number of benzene rings is 8. The Morgan fingerprint density at radius 3 is 1.75 bits per heavy atom. The molecule has 53 heavy (non-hydrogen) atoms. The van der Waals surface area contributed by atoms with E-state index in [1.54, 1.807) is 0 Å². The Morgan fingerprint density at radius 2 is 1.02 bits per heavy atom. The van der Waals surface area contributed by atoms with E-state index in [9.17, 15) is 0 Å². The maximum absolute atomic E-state index is 6.70. The molecule has 10 rings (SSSR count). The molecule has 0 bridgehead atoms. The zero-order valence-corrected chi connectivity index (χ0v) is 28.8. The van der Waals surface area contributed by atoms with Crippen molar-refractivity contribution in [2.24, 2.45) is 9.98 Å². The molecule has 0 radical (unpaired) electrons. The normalized spacial score (nSPS) is 14.2. The van der Waals surface area contributed by atoms with Crippen molar-refractivity contribution in [1.82, 2.24) is 5.32 Å². The van der Waals surface area contributed by atoms with Gasteiger partial charge in [0.15, 0.2) is 5.84 Å². The average molecular weight is 680 g/mol. The molecule has 9 aromatic rings. The summed E-state index contributed by atoms with van der Waals surface area (Å²) in [5.74, 6) is 1.43. The number of rotatable bonds is 6. The first kappa shape index (κ1) is 30.8. The lowest BCUT2D eigenvalue weighted by Crippen LogP contribution is -2.33. The summed E-state index contributed by atoms with van der Waals surface area (Å²) >= 11 is 0. The van der Waals surface area contributed by atoms with E-state index in [-0.39, 0.29) is 6.17 Å². The molecule has 1 unspecified atom stereocenters. The maximum atomic E-state index is 6.70. The lowest BCUT2D eigenvalue weighted by Gasteiger charge is -2.24. The van der Waals surface area contributed by atoms with Crippen LogP contribution >= 0.6 is 0 Å². The minimum atomic E-state index is -0.357. The number of fused-ring (bicyclic) bond motifs is 4. The van der Waals surface area contributed by atoms with E-state index in [0.717, 1.165) is 66.7 Å². The Bertz CT molecular complexity index is 2830. The minimum Gasteiger partial charge on any atom is -0.455 e. The highest BCUT2D eigenvalue weighted by Gasteiger charge is 2.25. The van der Waals surface area contributed by atoms with Crippen molar-refractivity contribution >= 4 is 44.4 Å². The zero-order valence-electron chi connectivity index (χ0n) is 28.8. The molecule has 2 heterocycles. The molecular formula is C49H33N3O. The summed E-state index contributed by atoms with van der Waals surface area (Å²) in [6.07, 6.45) is -0.357. The van der Waals surface area contributed by atoms with Gasteiger partial charge in [0, 0.05) is 27.5 Å². The van der Waals surface area contributed by atoms with Gasteiger partial charge in [-0.3, -0.25) is 0 Å². The number of aliphatic imine (C=N–C) groups is 2. The van der Waals surface area contributed by atoms with Crippen LogP contribution in [0.4, 0.5) is 0 Å². The molecule has 1 aliphatic heterocycles. The molecule has 4 heteroatoms. The number of amidine groups is 2. The molecule has 1 N–H and O–H groups in total. The van der Waals surface area contributed by atoms with Crippen LogP contribution in [0.3, 0.4) is 0 Å². The van der Waals surface area contributed by atoms with Crippen LogP contribution in [-0.4, -0.2) is 11.7 Å². The van der Waals surface area contributed by atoms with Crippen LogP contribution in [0.2, 0.25) is 0 Å². The van der Waals surface area contributed by atoms with Crippen LogP contribution in [0.15, 0.2) is 202 Å². The van der Waals surface area contributed by atoms with E-state index in [1.807, 2.05) is 24.3 Å². The van der Waals surface area contributed by atoms with Gasteiger partial charge in [0.05, 0.1) is 0 Å². The molecule has 4 nitrogen and oxygen atoms in total. The van der Waals surface area contributed by atoms with Crippen molar-refractivity contribution in [2.45, 2.75) is 6.17 Å². The average Bonchev–Trinajstić information content (AvgIpc) is 3.64. The van der Waals surface area contributed by atoms with E-state index in [4.69, 9.17) is 14.4 Å². The van der Waals surface area contributed by atoms with Gasteiger partial charge < -0.3 is 9.73 Å². The SMILES string of the molecule is c1ccc(-c2ccc(C3=NC(c4ccc(-c5ccc6ccccc6c5)c5oc6ccccc6c45)=NC(c4ccc(-c5ccccc5)cc4)N3)cc2)cc1. The van der Waals surface area contributed by atoms with Gasteiger partial charge >= 0.3 is 0 Å². The number of hydrogen-bond donors (Lipinski definition) is 1. The largest absolute Gasteiger partial charge is 0.455 e.